The summed E-state index contributed by atoms with van der Waals surface area (Å²) < 4.78 is 17.9. The number of fused-ring (bicyclic) bond motifs is 1. The molecular formula is C28H27N3O5S. The smallest absolute Gasteiger partial charge is 0.338 e. The van der Waals surface area contributed by atoms with Crippen molar-refractivity contribution in [1.29, 1.82) is 5.26 Å². The minimum absolute atomic E-state index is 0.103. The molecule has 1 aliphatic rings. The van der Waals surface area contributed by atoms with E-state index < -0.39 is 12.0 Å². The third kappa shape index (κ3) is 5.06. The molecule has 1 atom stereocenters. The van der Waals surface area contributed by atoms with Gasteiger partial charge in [0.15, 0.2) is 22.9 Å². The Kier molecular flexibility index (Phi) is 7.60. The summed E-state index contributed by atoms with van der Waals surface area (Å²) in [4.78, 5) is 31.6. The number of nitriles is 1. The van der Waals surface area contributed by atoms with E-state index in [-0.39, 0.29) is 12.2 Å². The number of carbonyl (C=O) groups is 1. The Morgan fingerprint density at radius 2 is 1.92 bits per heavy atom. The Labute approximate surface area is 218 Å². The molecule has 190 valence electrons. The van der Waals surface area contributed by atoms with Crippen molar-refractivity contribution in [3.8, 4) is 17.6 Å². The number of allylic oxidation sites excluding steroid dienone is 1. The van der Waals surface area contributed by atoms with Gasteiger partial charge in [0.05, 0.1) is 36.1 Å². The van der Waals surface area contributed by atoms with Crippen LogP contribution in [-0.4, -0.2) is 31.4 Å². The number of methoxy groups -OCH3 is 2. The van der Waals surface area contributed by atoms with Gasteiger partial charge in [0.1, 0.15) is 6.07 Å². The largest absolute Gasteiger partial charge is 0.493 e. The molecule has 0 N–H and O–H groups in total. The van der Waals surface area contributed by atoms with Crippen LogP contribution in [0.1, 0.15) is 49.4 Å². The maximum absolute atomic E-state index is 13.7. The van der Waals surface area contributed by atoms with Crippen molar-refractivity contribution in [2.45, 2.75) is 32.7 Å². The number of hydrogen-bond donors (Lipinski definition) is 0. The van der Waals surface area contributed by atoms with E-state index in [2.05, 4.69) is 18.8 Å². The predicted molar refractivity (Wildman–Crippen MR) is 140 cm³/mol. The normalized spacial score (nSPS) is 15.2. The van der Waals surface area contributed by atoms with Crippen LogP contribution < -0.4 is 24.4 Å². The summed E-state index contributed by atoms with van der Waals surface area (Å²) in [5, 5.41) is 8.78. The lowest BCUT2D eigenvalue weighted by atomic mass is 9.93. The first-order chi connectivity index (χ1) is 17.8. The summed E-state index contributed by atoms with van der Waals surface area (Å²) in [5.74, 6) is 0.711. The fourth-order valence-electron chi connectivity index (χ4n) is 4.23. The summed E-state index contributed by atoms with van der Waals surface area (Å²) in [6.45, 7) is 5.87. The van der Waals surface area contributed by atoms with Crippen LogP contribution in [0.15, 0.2) is 63.5 Å². The quantitative estimate of drug-likeness (QED) is 0.445. The standard InChI is InChI=1S/C28H27N3O5S/c1-16(2)19-7-9-20(10-8-19)25-24(27(33)35-5)17(3)30-28-31(25)26(32)23(37-28)15-18-6-11-21(36-13-12-29)22(14-18)34-4/h6-11,14-16,25H,13H2,1-5H3/b23-15-. The third-order valence-electron chi connectivity index (χ3n) is 6.12. The Morgan fingerprint density at radius 1 is 1.19 bits per heavy atom. The molecule has 2 aromatic carbocycles. The molecule has 0 saturated carbocycles. The van der Waals surface area contributed by atoms with Crippen LogP contribution in [0.5, 0.6) is 11.5 Å². The van der Waals surface area contributed by atoms with Crippen LogP contribution in [0.2, 0.25) is 0 Å². The van der Waals surface area contributed by atoms with E-state index in [1.165, 1.54) is 25.6 Å². The molecule has 3 aromatic rings. The topological polar surface area (TPSA) is 103 Å². The molecule has 0 aliphatic carbocycles. The number of aromatic nitrogens is 1. The van der Waals surface area contributed by atoms with Crippen molar-refractivity contribution in [3.63, 3.8) is 0 Å². The second-order valence-electron chi connectivity index (χ2n) is 8.75. The van der Waals surface area contributed by atoms with Gasteiger partial charge in [0, 0.05) is 0 Å². The molecule has 1 unspecified atom stereocenters. The minimum atomic E-state index is -0.664. The van der Waals surface area contributed by atoms with Crippen LogP contribution in [0, 0.1) is 11.3 Å². The van der Waals surface area contributed by atoms with E-state index in [0.29, 0.717) is 43.6 Å². The molecule has 0 amide bonds. The van der Waals surface area contributed by atoms with Crippen molar-refractivity contribution in [3.05, 3.63) is 90.1 Å². The van der Waals surface area contributed by atoms with Crippen molar-refractivity contribution in [1.82, 2.24) is 4.57 Å². The van der Waals surface area contributed by atoms with Gasteiger partial charge in [-0.05, 0) is 47.7 Å². The zero-order valence-electron chi connectivity index (χ0n) is 21.3. The lowest BCUT2D eigenvalue weighted by molar-refractivity contribution is -0.136. The van der Waals surface area contributed by atoms with E-state index in [4.69, 9.17) is 19.5 Å². The van der Waals surface area contributed by atoms with Crippen molar-refractivity contribution in [2.75, 3.05) is 20.8 Å². The first-order valence-corrected chi connectivity index (χ1v) is 12.5. The summed E-state index contributed by atoms with van der Waals surface area (Å²) in [7, 11) is 2.83. The number of carbonyl (C=O) groups excluding carboxylic acids is 1. The average Bonchev–Trinajstić information content (AvgIpc) is 3.20. The average molecular weight is 518 g/mol. The van der Waals surface area contributed by atoms with Crippen LogP contribution >= 0.6 is 11.3 Å². The van der Waals surface area contributed by atoms with Crippen molar-refractivity contribution >= 4 is 23.4 Å². The number of benzene rings is 2. The molecule has 2 heterocycles. The van der Waals surface area contributed by atoms with Gasteiger partial charge in [-0.15, -0.1) is 0 Å². The molecule has 4 rings (SSSR count). The van der Waals surface area contributed by atoms with Gasteiger partial charge in [0.2, 0.25) is 0 Å². The first-order valence-electron chi connectivity index (χ1n) is 11.7. The van der Waals surface area contributed by atoms with Gasteiger partial charge in [-0.1, -0.05) is 55.5 Å². The van der Waals surface area contributed by atoms with E-state index in [1.54, 1.807) is 35.8 Å². The first kappa shape index (κ1) is 25.9. The van der Waals surface area contributed by atoms with Crippen molar-refractivity contribution in [2.24, 2.45) is 4.99 Å². The molecule has 0 saturated heterocycles. The zero-order chi connectivity index (χ0) is 26.7. The molecule has 0 fully saturated rings. The second kappa shape index (κ2) is 10.8. The highest BCUT2D eigenvalue weighted by Gasteiger charge is 2.33. The zero-order valence-corrected chi connectivity index (χ0v) is 22.1. The van der Waals surface area contributed by atoms with Gasteiger partial charge >= 0.3 is 5.97 Å². The minimum Gasteiger partial charge on any atom is -0.493 e. The maximum Gasteiger partial charge on any atom is 0.338 e. The van der Waals surface area contributed by atoms with Gasteiger partial charge in [-0.25, -0.2) is 9.79 Å². The molecule has 0 radical (unpaired) electrons. The molecule has 0 bridgehead atoms. The van der Waals surface area contributed by atoms with Gasteiger partial charge in [-0.3, -0.25) is 9.36 Å². The Bertz CT molecular complexity index is 1590. The van der Waals surface area contributed by atoms with E-state index in [0.717, 1.165) is 11.1 Å². The molecule has 8 nitrogen and oxygen atoms in total. The fourth-order valence-corrected chi connectivity index (χ4v) is 5.27. The number of nitrogens with zero attached hydrogens (tertiary/aromatic N) is 3. The van der Waals surface area contributed by atoms with Gasteiger partial charge in [-0.2, -0.15) is 5.26 Å². The second-order valence-corrected chi connectivity index (χ2v) is 9.76. The number of ether oxygens (including phenoxy) is 3. The highest BCUT2D eigenvalue weighted by atomic mass is 32.1. The maximum atomic E-state index is 13.7. The molecule has 37 heavy (non-hydrogen) atoms. The van der Waals surface area contributed by atoms with E-state index in [9.17, 15) is 9.59 Å². The molecule has 1 aromatic heterocycles. The number of hydrogen-bond acceptors (Lipinski definition) is 8. The van der Waals surface area contributed by atoms with Gasteiger partial charge < -0.3 is 14.2 Å². The van der Waals surface area contributed by atoms with Crippen LogP contribution in [-0.2, 0) is 9.53 Å². The SMILES string of the molecule is COC(=O)C1=C(C)N=c2s/c(=C\c3ccc(OCC#N)c(OC)c3)c(=O)n2C1c1ccc(C(C)C)cc1. The van der Waals surface area contributed by atoms with Crippen LogP contribution in [0.4, 0.5) is 0 Å². The Balaban J connectivity index is 1.87. The fraction of sp³-hybridized carbons (Fsp3) is 0.286. The monoisotopic (exact) mass is 517 g/mol. The summed E-state index contributed by atoms with van der Waals surface area (Å²) >= 11 is 1.25. The molecule has 1 aliphatic heterocycles. The highest BCUT2D eigenvalue weighted by molar-refractivity contribution is 7.07. The summed E-state index contributed by atoms with van der Waals surface area (Å²) in [6.07, 6.45) is 1.75. The highest BCUT2D eigenvalue weighted by Crippen LogP contribution is 2.32. The number of thiazole rings is 1. The molecule has 0 spiro atoms. The van der Waals surface area contributed by atoms with Crippen LogP contribution in [0.25, 0.3) is 6.08 Å². The predicted octanol–water partition coefficient (Wildman–Crippen LogP) is 3.44. The van der Waals surface area contributed by atoms with Crippen LogP contribution in [0.3, 0.4) is 0 Å². The Morgan fingerprint density at radius 3 is 2.54 bits per heavy atom. The lowest BCUT2D eigenvalue weighted by Crippen LogP contribution is -2.39. The van der Waals surface area contributed by atoms with Gasteiger partial charge in [0.25, 0.3) is 5.56 Å². The number of rotatable bonds is 7. The summed E-state index contributed by atoms with van der Waals surface area (Å²) in [6, 6.07) is 14.4. The van der Waals surface area contributed by atoms with Crippen molar-refractivity contribution < 1.29 is 19.0 Å². The summed E-state index contributed by atoms with van der Waals surface area (Å²) in [5.41, 5.74) is 3.25. The number of esters is 1. The molecular weight excluding hydrogens is 490 g/mol. The third-order valence-corrected chi connectivity index (χ3v) is 7.11. The molecule has 9 heteroatoms. The van der Waals surface area contributed by atoms with E-state index in [1.807, 2.05) is 30.3 Å². The Hall–Kier alpha value is -4.16. The van der Waals surface area contributed by atoms with E-state index >= 15 is 0 Å². The lowest BCUT2D eigenvalue weighted by Gasteiger charge is -2.24.